The molecule has 1 amide bonds. The number of benzene rings is 2. The predicted molar refractivity (Wildman–Crippen MR) is 102 cm³/mol. The monoisotopic (exact) mass is 409 g/mol. The fraction of sp³-hybridized carbons (Fsp3) is 0.118. The number of hydrogen-bond acceptors (Lipinski definition) is 4. The second-order valence-corrected chi connectivity index (χ2v) is 7.80. The predicted octanol–water partition coefficient (Wildman–Crippen LogP) is 5.21. The summed E-state index contributed by atoms with van der Waals surface area (Å²) in [7, 11) is 0. The standard InChI is InChI=1S/C17H10Cl3N3OS/c18-11-5-1-9(2-6-11)14-13(20)16(24)23(14)17-22-21-15(25-17)10-3-7-12(19)8-4-10/h1-8,13-14H. The lowest BCUT2D eigenvalue weighted by Gasteiger charge is -2.42. The fourth-order valence-electron chi connectivity index (χ4n) is 2.67. The van der Waals surface area contributed by atoms with Crippen molar-refractivity contribution in [2.75, 3.05) is 4.90 Å². The summed E-state index contributed by atoms with van der Waals surface area (Å²) in [6.07, 6.45) is 0. The zero-order valence-corrected chi connectivity index (χ0v) is 15.6. The molecule has 0 N–H and O–H groups in total. The number of alkyl halides is 1. The molecule has 4 rings (SSSR count). The van der Waals surface area contributed by atoms with E-state index in [-0.39, 0.29) is 11.9 Å². The van der Waals surface area contributed by atoms with E-state index >= 15 is 0 Å². The van der Waals surface area contributed by atoms with E-state index in [4.69, 9.17) is 34.8 Å². The number of aromatic nitrogens is 2. The number of carbonyl (C=O) groups is 1. The Morgan fingerprint density at radius 3 is 2.16 bits per heavy atom. The van der Waals surface area contributed by atoms with Crippen molar-refractivity contribution in [3.05, 3.63) is 64.1 Å². The van der Waals surface area contributed by atoms with E-state index in [1.165, 1.54) is 11.3 Å². The van der Waals surface area contributed by atoms with Gasteiger partial charge in [0.25, 0.3) is 0 Å². The second kappa shape index (κ2) is 6.57. The van der Waals surface area contributed by atoms with Crippen LogP contribution in [0.4, 0.5) is 5.13 Å². The van der Waals surface area contributed by atoms with Crippen LogP contribution in [0.15, 0.2) is 48.5 Å². The van der Waals surface area contributed by atoms with Crippen molar-refractivity contribution in [1.82, 2.24) is 10.2 Å². The number of anilines is 1. The summed E-state index contributed by atoms with van der Waals surface area (Å²) in [5, 5.41) is 10.3. The first kappa shape index (κ1) is 16.8. The Morgan fingerprint density at radius 2 is 1.52 bits per heavy atom. The van der Waals surface area contributed by atoms with E-state index in [0.29, 0.717) is 20.2 Å². The molecule has 1 fully saturated rings. The molecule has 2 aromatic carbocycles. The first-order chi connectivity index (χ1) is 12.0. The van der Waals surface area contributed by atoms with Crippen molar-refractivity contribution in [3.63, 3.8) is 0 Å². The van der Waals surface area contributed by atoms with E-state index in [0.717, 1.165) is 11.1 Å². The molecule has 25 heavy (non-hydrogen) atoms. The van der Waals surface area contributed by atoms with Crippen LogP contribution in [-0.2, 0) is 4.79 Å². The molecule has 3 aromatic rings. The third-order valence-corrected chi connectivity index (χ3v) is 5.85. The molecule has 2 unspecified atom stereocenters. The zero-order chi connectivity index (χ0) is 17.6. The van der Waals surface area contributed by atoms with Crippen LogP contribution in [0.5, 0.6) is 0 Å². The third kappa shape index (κ3) is 3.02. The number of nitrogens with zero attached hydrogens (tertiary/aromatic N) is 3. The summed E-state index contributed by atoms with van der Waals surface area (Å²) in [4.78, 5) is 13.9. The van der Waals surface area contributed by atoms with Gasteiger partial charge in [0.2, 0.25) is 11.0 Å². The molecule has 1 saturated heterocycles. The molecule has 126 valence electrons. The average Bonchev–Trinajstić information content (AvgIpc) is 3.09. The molecular formula is C17H10Cl3N3OS. The SMILES string of the molecule is O=C1C(Cl)C(c2ccc(Cl)cc2)N1c1nnc(-c2ccc(Cl)cc2)s1. The maximum Gasteiger partial charge on any atom is 0.250 e. The normalized spacial score (nSPS) is 19.8. The molecule has 1 aliphatic heterocycles. The molecule has 2 heterocycles. The van der Waals surface area contributed by atoms with E-state index in [9.17, 15) is 4.79 Å². The third-order valence-electron chi connectivity index (χ3n) is 3.95. The van der Waals surface area contributed by atoms with Gasteiger partial charge in [-0.2, -0.15) is 0 Å². The minimum atomic E-state index is -0.621. The molecular weight excluding hydrogens is 401 g/mol. The van der Waals surface area contributed by atoms with Crippen molar-refractivity contribution >= 4 is 57.2 Å². The summed E-state index contributed by atoms with van der Waals surface area (Å²) < 4.78 is 0. The molecule has 4 nitrogen and oxygen atoms in total. The Hall–Kier alpha value is -1.66. The van der Waals surface area contributed by atoms with Gasteiger partial charge in [0.15, 0.2) is 0 Å². The maximum absolute atomic E-state index is 12.3. The summed E-state index contributed by atoms with van der Waals surface area (Å²) in [5.74, 6) is -0.180. The lowest BCUT2D eigenvalue weighted by Crippen LogP contribution is -2.56. The van der Waals surface area contributed by atoms with Gasteiger partial charge in [-0.1, -0.05) is 58.8 Å². The Balaban J connectivity index is 1.65. The zero-order valence-electron chi connectivity index (χ0n) is 12.6. The minimum Gasteiger partial charge on any atom is -0.276 e. The highest BCUT2D eigenvalue weighted by molar-refractivity contribution is 7.18. The highest BCUT2D eigenvalue weighted by Crippen LogP contribution is 2.44. The van der Waals surface area contributed by atoms with Crippen molar-refractivity contribution < 1.29 is 4.79 Å². The molecule has 0 aliphatic carbocycles. The summed E-state index contributed by atoms with van der Waals surface area (Å²) in [6.45, 7) is 0. The van der Waals surface area contributed by atoms with Crippen molar-refractivity contribution in [2.45, 2.75) is 11.4 Å². The van der Waals surface area contributed by atoms with Crippen molar-refractivity contribution in [1.29, 1.82) is 0 Å². The lowest BCUT2D eigenvalue weighted by atomic mass is 9.94. The van der Waals surface area contributed by atoms with Crippen LogP contribution in [0.25, 0.3) is 10.6 Å². The van der Waals surface area contributed by atoms with Crippen LogP contribution < -0.4 is 4.90 Å². The number of carbonyl (C=O) groups excluding carboxylic acids is 1. The minimum absolute atomic E-state index is 0.180. The number of amides is 1. The van der Waals surface area contributed by atoms with Gasteiger partial charge >= 0.3 is 0 Å². The maximum atomic E-state index is 12.3. The Kier molecular flexibility index (Phi) is 4.41. The van der Waals surface area contributed by atoms with E-state index in [2.05, 4.69) is 10.2 Å². The van der Waals surface area contributed by atoms with Crippen LogP contribution in [0.2, 0.25) is 10.0 Å². The van der Waals surface area contributed by atoms with Gasteiger partial charge < -0.3 is 0 Å². The summed E-state index contributed by atoms with van der Waals surface area (Å²) in [6, 6.07) is 14.3. The number of halogens is 3. The average molecular weight is 411 g/mol. The largest absolute Gasteiger partial charge is 0.276 e. The quantitative estimate of drug-likeness (QED) is 0.440. The number of rotatable bonds is 3. The highest BCUT2D eigenvalue weighted by Gasteiger charge is 2.49. The Morgan fingerprint density at radius 1 is 0.920 bits per heavy atom. The van der Waals surface area contributed by atoms with E-state index in [1.54, 1.807) is 29.2 Å². The van der Waals surface area contributed by atoms with Crippen LogP contribution in [0.1, 0.15) is 11.6 Å². The smallest absolute Gasteiger partial charge is 0.250 e. The molecule has 0 radical (unpaired) electrons. The first-order valence-electron chi connectivity index (χ1n) is 7.36. The van der Waals surface area contributed by atoms with Gasteiger partial charge in [0, 0.05) is 15.6 Å². The number of β-lactam (4-membered cyclic amide) rings is 1. The van der Waals surface area contributed by atoms with Crippen LogP contribution in [0.3, 0.4) is 0 Å². The van der Waals surface area contributed by atoms with Gasteiger partial charge in [-0.15, -0.1) is 21.8 Å². The van der Waals surface area contributed by atoms with Crippen LogP contribution in [-0.4, -0.2) is 21.5 Å². The molecule has 0 bridgehead atoms. The van der Waals surface area contributed by atoms with Gasteiger partial charge in [0.05, 0.1) is 6.04 Å². The molecule has 1 aromatic heterocycles. The second-order valence-electron chi connectivity index (χ2n) is 5.50. The van der Waals surface area contributed by atoms with Gasteiger partial charge in [0.1, 0.15) is 10.4 Å². The van der Waals surface area contributed by atoms with Crippen LogP contribution in [0, 0.1) is 0 Å². The van der Waals surface area contributed by atoms with Crippen molar-refractivity contribution in [3.8, 4) is 10.6 Å². The highest BCUT2D eigenvalue weighted by atomic mass is 35.5. The summed E-state index contributed by atoms with van der Waals surface area (Å²) in [5.41, 5.74) is 1.80. The van der Waals surface area contributed by atoms with Crippen molar-refractivity contribution in [2.24, 2.45) is 0 Å². The topological polar surface area (TPSA) is 46.1 Å². The number of hydrogen-bond donors (Lipinski definition) is 0. The first-order valence-corrected chi connectivity index (χ1v) is 9.37. The molecule has 0 saturated carbocycles. The Bertz CT molecular complexity index is 927. The molecule has 2 atom stereocenters. The molecule has 1 aliphatic rings. The van der Waals surface area contributed by atoms with E-state index in [1.807, 2.05) is 24.3 Å². The van der Waals surface area contributed by atoms with Gasteiger partial charge in [-0.25, -0.2) is 0 Å². The molecule has 0 spiro atoms. The molecule has 8 heteroatoms. The lowest BCUT2D eigenvalue weighted by molar-refractivity contribution is -0.123. The fourth-order valence-corrected chi connectivity index (χ4v) is 4.17. The van der Waals surface area contributed by atoms with Gasteiger partial charge in [-0.3, -0.25) is 9.69 Å². The van der Waals surface area contributed by atoms with E-state index < -0.39 is 5.38 Å². The van der Waals surface area contributed by atoms with Crippen LogP contribution >= 0.6 is 46.1 Å². The Labute approximate surface area is 163 Å². The van der Waals surface area contributed by atoms with Gasteiger partial charge in [-0.05, 0) is 29.8 Å². The summed E-state index contributed by atoms with van der Waals surface area (Å²) >= 11 is 19.4.